The van der Waals surface area contributed by atoms with Gasteiger partial charge in [0.1, 0.15) is 0 Å². The normalized spacial score (nSPS) is 18.3. The first-order chi connectivity index (χ1) is 12.0. The van der Waals surface area contributed by atoms with Crippen LogP contribution in [-0.4, -0.2) is 60.4 Å². The highest BCUT2D eigenvalue weighted by Crippen LogP contribution is 2.18. The molecular weight excluding hydrogens is 320 g/mol. The van der Waals surface area contributed by atoms with Gasteiger partial charge in [-0.1, -0.05) is 6.42 Å². The summed E-state index contributed by atoms with van der Waals surface area (Å²) in [5.74, 6) is -0.0736. The van der Waals surface area contributed by atoms with Crippen molar-refractivity contribution in [3.05, 3.63) is 34.4 Å². The Bertz CT molecular complexity index is 576. The summed E-state index contributed by atoms with van der Waals surface area (Å²) in [6.07, 6.45) is 5.43. The number of hydrogen-bond donors (Lipinski definition) is 1. The third-order valence-electron chi connectivity index (χ3n) is 4.85. The second-order valence-electron chi connectivity index (χ2n) is 6.82. The molecule has 1 aliphatic heterocycles. The molecular formula is C18H28N4O3. The van der Waals surface area contributed by atoms with E-state index in [0.29, 0.717) is 24.7 Å². The molecule has 1 N–H and O–H groups in total. The van der Waals surface area contributed by atoms with Crippen molar-refractivity contribution in [1.29, 1.82) is 0 Å². The van der Waals surface area contributed by atoms with E-state index < -0.39 is 4.92 Å². The van der Waals surface area contributed by atoms with Gasteiger partial charge in [-0.2, -0.15) is 0 Å². The lowest BCUT2D eigenvalue weighted by atomic mass is 10.00. The first-order valence-corrected chi connectivity index (χ1v) is 8.89. The molecule has 0 aromatic heterocycles. The van der Waals surface area contributed by atoms with Gasteiger partial charge in [0.2, 0.25) is 5.91 Å². The van der Waals surface area contributed by atoms with E-state index in [-0.39, 0.29) is 11.6 Å². The number of benzene rings is 1. The highest BCUT2D eigenvalue weighted by Gasteiger charge is 2.19. The summed E-state index contributed by atoms with van der Waals surface area (Å²) in [4.78, 5) is 26.8. The highest BCUT2D eigenvalue weighted by atomic mass is 16.6. The number of nitrogens with one attached hydrogen (secondary N) is 1. The molecule has 0 radical (unpaired) electrons. The van der Waals surface area contributed by atoms with Crippen molar-refractivity contribution in [2.45, 2.75) is 38.1 Å². The summed E-state index contributed by atoms with van der Waals surface area (Å²) in [5.41, 5.74) is 0.604. The number of rotatable bonds is 8. The zero-order chi connectivity index (χ0) is 18.2. The van der Waals surface area contributed by atoms with Crippen molar-refractivity contribution in [3.63, 3.8) is 0 Å². The van der Waals surface area contributed by atoms with Crippen molar-refractivity contribution < 1.29 is 9.72 Å². The predicted molar refractivity (Wildman–Crippen MR) is 98.7 cm³/mol. The number of likely N-dealkylation sites (tertiary alicyclic amines) is 1. The van der Waals surface area contributed by atoms with Gasteiger partial charge in [0.15, 0.2) is 0 Å². The Labute approximate surface area is 149 Å². The number of piperidine rings is 1. The van der Waals surface area contributed by atoms with Crippen LogP contribution in [0.5, 0.6) is 0 Å². The summed E-state index contributed by atoms with van der Waals surface area (Å²) < 4.78 is 0. The number of carbonyl (C=O) groups is 1. The topological polar surface area (TPSA) is 78.7 Å². The molecule has 1 atom stereocenters. The standard InChI is InChI=1S/C18H28N4O3/c1-20(13-10-16-5-3-4-12-21(16)2)14-11-18(23)19-15-6-8-17(9-7-15)22(24)25/h6-9,16H,3-5,10-14H2,1-2H3,(H,19,23). The van der Waals surface area contributed by atoms with E-state index in [1.807, 2.05) is 7.05 Å². The van der Waals surface area contributed by atoms with Crippen LogP contribution in [0.2, 0.25) is 0 Å². The Hall–Kier alpha value is -1.99. The molecule has 0 bridgehead atoms. The van der Waals surface area contributed by atoms with Crippen LogP contribution in [0.4, 0.5) is 11.4 Å². The third-order valence-corrected chi connectivity index (χ3v) is 4.85. The van der Waals surface area contributed by atoms with Gasteiger partial charge in [0, 0.05) is 36.8 Å². The van der Waals surface area contributed by atoms with Crippen molar-refractivity contribution in [1.82, 2.24) is 9.80 Å². The minimum absolute atomic E-state index is 0.0189. The minimum atomic E-state index is -0.454. The van der Waals surface area contributed by atoms with Crippen LogP contribution in [0.3, 0.4) is 0 Å². The zero-order valence-corrected chi connectivity index (χ0v) is 15.1. The fraction of sp³-hybridized carbons (Fsp3) is 0.611. The van der Waals surface area contributed by atoms with Crippen LogP contribution in [0.15, 0.2) is 24.3 Å². The largest absolute Gasteiger partial charge is 0.326 e. The summed E-state index contributed by atoms with van der Waals surface area (Å²) in [6, 6.07) is 6.55. The maximum atomic E-state index is 12.0. The number of anilines is 1. The van der Waals surface area contributed by atoms with Crippen molar-refractivity contribution in [3.8, 4) is 0 Å². The Balaban J connectivity index is 1.67. The van der Waals surface area contributed by atoms with Crippen LogP contribution < -0.4 is 5.32 Å². The zero-order valence-electron chi connectivity index (χ0n) is 15.1. The molecule has 7 heteroatoms. The van der Waals surface area contributed by atoms with Gasteiger partial charge in [-0.05, 0) is 58.6 Å². The number of non-ortho nitro benzene ring substituents is 1. The predicted octanol–water partition coefficient (Wildman–Crippen LogP) is 2.73. The molecule has 1 aromatic carbocycles. The molecule has 2 rings (SSSR count). The molecule has 1 amide bonds. The smallest absolute Gasteiger partial charge is 0.269 e. The number of nitro groups is 1. The average molecular weight is 348 g/mol. The van der Waals surface area contributed by atoms with Gasteiger partial charge >= 0.3 is 0 Å². The SMILES string of the molecule is CN(CCC(=O)Nc1ccc([N+](=O)[O-])cc1)CCC1CCCCN1C. The van der Waals surface area contributed by atoms with Gasteiger partial charge in [-0.15, -0.1) is 0 Å². The van der Waals surface area contributed by atoms with E-state index in [9.17, 15) is 14.9 Å². The Morgan fingerprint density at radius 1 is 1.32 bits per heavy atom. The van der Waals surface area contributed by atoms with Crippen LogP contribution in [-0.2, 0) is 4.79 Å². The quantitative estimate of drug-likeness (QED) is 0.577. The molecule has 0 aliphatic carbocycles. The average Bonchev–Trinajstić information content (AvgIpc) is 2.59. The van der Waals surface area contributed by atoms with Gasteiger partial charge in [-0.25, -0.2) is 0 Å². The molecule has 1 aromatic rings. The molecule has 1 unspecified atom stereocenters. The fourth-order valence-corrected chi connectivity index (χ4v) is 3.17. The molecule has 0 saturated carbocycles. The van der Waals surface area contributed by atoms with E-state index in [0.717, 1.165) is 13.0 Å². The first-order valence-electron chi connectivity index (χ1n) is 8.89. The van der Waals surface area contributed by atoms with Crippen LogP contribution in [0.1, 0.15) is 32.1 Å². The first kappa shape index (κ1) is 19.3. The lowest BCUT2D eigenvalue weighted by Crippen LogP contribution is -2.38. The number of nitro benzene ring substituents is 1. The van der Waals surface area contributed by atoms with Crippen molar-refractivity contribution >= 4 is 17.3 Å². The van der Waals surface area contributed by atoms with Crippen molar-refractivity contribution in [2.75, 3.05) is 39.0 Å². The Morgan fingerprint density at radius 2 is 2.04 bits per heavy atom. The number of carbonyl (C=O) groups excluding carboxylic acids is 1. The second-order valence-corrected chi connectivity index (χ2v) is 6.82. The molecule has 0 spiro atoms. The lowest BCUT2D eigenvalue weighted by Gasteiger charge is -2.33. The molecule has 1 fully saturated rings. The van der Waals surface area contributed by atoms with Crippen LogP contribution >= 0.6 is 0 Å². The Kier molecular flexibility index (Phi) is 7.33. The van der Waals surface area contributed by atoms with Gasteiger partial charge in [-0.3, -0.25) is 14.9 Å². The van der Waals surface area contributed by atoms with E-state index in [4.69, 9.17) is 0 Å². The van der Waals surface area contributed by atoms with E-state index in [1.54, 1.807) is 12.1 Å². The maximum Gasteiger partial charge on any atom is 0.269 e. The van der Waals surface area contributed by atoms with E-state index in [2.05, 4.69) is 22.2 Å². The molecule has 138 valence electrons. The number of nitrogens with zero attached hydrogens (tertiary/aromatic N) is 3. The van der Waals surface area contributed by atoms with Gasteiger partial charge in [0.05, 0.1) is 4.92 Å². The summed E-state index contributed by atoms with van der Waals surface area (Å²) >= 11 is 0. The van der Waals surface area contributed by atoms with E-state index in [1.165, 1.54) is 37.9 Å². The number of amides is 1. The van der Waals surface area contributed by atoms with Crippen LogP contribution in [0.25, 0.3) is 0 Å². The summed E-state index contributed by atoms with van der Waals surface area (Å²) in [5, 5.41) is 13.4. The second kappa shape index (κ2) is 9.48. The van der Waals surface area contributed by atoms with Gasteiger partial charge in [0.25, 0.3) is 5.69 Å². The molecule has 1 aliphatic rings. The molecule has 1 saturated heterocycles. The Morgan fingerprint density at radius 3 is 2.68 bits per heavy atom. The monoisotopic (exact) mass is 348 g/mol. The summed E-state index contributed by atoms with van der Waals surface area (Å²) in [6.45, 7) is 2.88. The molecule has 7 nitrogen and oxygen atoms in total. The maximum absolute atomic E-state index is 12.0. The number of hydrogen-bond acceptors (Lipinski definition) is 5. The lowest BCUT2D eigenvalue weighted by molar-refractivity contribution is -0.384. The van der Waals surface area contributed by atoms with Crippen molar-refractivity contribution in [2.24, 2.45) is 0 Å². The molecule has 25 heavy (non-hydrogen) atoms. The highest BCUT2D eigenvalue weighted by molar-refractivity contribution is 5.90. The third kappa shape index (κ3) is 6.43. The van der Waals surface area contributed by atoms with Gasteiger partial charge < -0.3 is 15.1 Å². The summed E-state index contributed by atoms with van der Waals surface area (Å²) in [7, 11) is 4.24. The molecule has 1 heterocycles. The van der Waals surface area contributed by atoms with Crippen LogP contribution in [0, 0.1) is 10.1 Å². The fourth-order valence-electron chi connectivity index (χ4n) is 3.17. The minimum Gasteiger partial charge on any atom is -0.326 e. The van der Waals surface area contributed by atoms with E-state index >= 15 is 0 Å².